The Hall–Kier alpha value is -1.30. The van der Waals surface area contributed by atoms with Crippen molar-refractivity contribution in [2.45, 2.75) is 45.2 Å². The number of likely N-dealkylation sites (tertiary alicyclic amines) is 1. The highest BCUT2D eigenvalue weighted by molar-refractivity contribution is 5.82. The molecular weight excluding hydrogens is 258 g/mol. The number of amides is 2. The Kier molecular flexibility index (Phi) is 6.26. The molecule has 0 aromatic carbocycles. The fourth-order valence-corrected chi connectivity index (χ4v) is 2.52. The number of carboxylic acids is 1. The van der Waals surface area contributed by atoms with Crippen LogP contribution in [0.15, 0.2) is 0 Å². The topological polar surface area (TPSA) is 72.9 Å². The molecule has 0 spiro atoms. The minimum Gasteiger partial charge on any atom is -0.480 e. The molecule has 2 amide bonds. The highest BCUT2D eigenvalue weighted by Gasteiger charge is 2.27. The molecule has 116 valence electrons. The van der Waals surface area contributed by atoms with Gasteiger partial charge in [0.05, 0.1) is 0 Å². The molecule has 2 N–H and O–H groups in total. The van der Waals surface area contributed by atoms with E-state index in [0.29, 0.717) is 25.6 Å². The zero-order valence-electron chi connectivity index (χ0n) is 12.9. The van der Waals surface area contributed by atoms with E-state index in [1.807, 2.05) is 27.9 Å². The third-order valence-electron chi connectivity index (χ3n) is 3.78. The second-order valence-electron chi connectivity index (χ2n) is 6.15. The second-order valence-corrected chi connectivity index (χ2v) is 6.15. The summed E-state index contributed by atoms with van der Waals surface area (Å²) < 4.78 is 0. The number of rotatable bonds is 5. The van der Waals surface area contributed by atoms with Gasteiger partial charge in [-0.3, -0.25) is 0 Å². The van der Waals surface area contributed by atoms with Crippen LogP contribution >= 0.6 is 0 Å². The van der Waals surface area contributed by atoms with Gasteiger partial charge < -0.3 is 20.2 Å². The highest BCUT2D eigenvalue weighted by Crippen LogP contribution is 2.14. The van der Waals surface area contributed by atoms with E-state index in [1.165, 1.54) is 0 Å². The smallest absolute Gasteiger partial charge is 0.326 e. The molecule has 1 saturated heterocycles. The van der Waals surface area contributed by atoms with E-state index in [2.05, 4.69) is 10.2 Å². The lowest BCUT2D eigenvalue weighted by atomic mass is 10.0. The van der Waals surface area contributed by atoms with Crippen LogP contribution in [0.5, 0.6) is 0 Å². The van der Waals surface area contributed by atoms with Crippen molar-refractivity contribution in [2.75, 3.05) is 27.2 Å². The first-order chi connectivity index (χ1) is 9.31. The van der Waals surface area contributed by atoms with Crippen molar-refractivity contribution >= 4 is 12.0 Å². The molecule has 0 unspecified atom stereocenters. The minimum atomic E-state index is -0.963. The Morgan fingerprint density at radius 3 is 2.25 bits per heavy atom. The van der Waals surface area contributed by atoms with Crippen LogP contribution in [0, 0.1) is 5.92 Å². The summed E-state index contributed by atoms with van der Waals surface area (Å²) in [6.45, 7) is 5.26. The highest BCUT2D eigenvalue weighted by atomic mass is 16.4. The number of urea groups is 1. The normalized spacial score (nSPS) is 18.4. The molecule has 0 saturated carbocycles. The van der Waals surface area contributed by atoms with Crippen LogP contribution in [0.1, 0.15) is 33.1 Å². The first kappa shape index (κ1) is 16.8. The summed E-state index contributed by atoms with van der Waals surface area (Å²) in [4.78, 5) is 27.2. The Labute approximate surface area is 121 Å². The summed E-state index contributed by atoms with van der Waals surface area (Å²) >= 11 is 0. The predicted octanol–water partition coefficient (Wildman–Crippen LogP) is 1.22. The lowest BCUT2D eigenvalue weighted by Crippen LogP contribution is -2.52. The van der Waals surface area contributed by atoms with Crippen molar-refractivity contribution in [3.63, 3.8) is 0 Å². The molecule has 1 atom stereocenters. The lowest BCUT2D eigenvalue weighted by molar-refractivity contribution is -0.139. The number of nitrogens with one attached hydrogen (secondary N) is 1. The van der Waals surface area contributed by atoms with Crippen LogP contribution in [-0.2, 0) is 4.79 Å². The molecule has 1 fully saturated rings. The van der Waals surface area contributed by atoms with Gasteiger partial charge in [-0.25, -0.2) is 9.59 Å². The molecule has 0 aromatic heterocycles. The Balaban J connectivity index is 2.48. The molecule has 6 nitrogen and oxygen atoms in total. The Bertz CT molecular complexity index is 337. The zero-order valence-corrected chi connectivity index (χ0v) is 12.9. The summed E-state index contributed by atoms with van der Waals surface area (Å²) in [5.41, 5.74) is 0. The summed E-state index contributed by atoms with van der Waals surface area (Å²) in [7, 11) is 4.09. The van der Waals surface area contributed by atoms with Crippen LogP contribution in [0.2, 0.25) is 0 Å². The average molecular weight is 285 g/mol. The monoisotopic (exact) mass is 285 g/mol. The number of piperidine rings is 1. The standard InChI is InChI=1S/C14H27N3O3/c1-10(2)9-12(13(18)19)15-14(20)17-7-5-11(6-8-17)16(3)4/h10-12H,5-9H2,1-4H3,(H,15,20)(H,18,19)/t12-/m0/s1. The summed E-state index contributed by atoms with van der Waals surface area (Å²) in [5, 5.41) is 11.8. The van der Waals surface area contributed by atoms with Crippen LogP contribution < -0.4 is 5.32 Å². The lowest BCUT2D eigenvalue weighted by Gasteiger charge is -2.35. The molecule has 1 aliphatic rings. The molecule has 0 aromatic rings. The first-order valence-electron chi connectivity index (χ1n) is 7.26. The minimum absolute atomic E-state index is 0.232. The summed E-state index contributed by atoms with van der Waals surface area (Å²) in [5.74, 6) is -0.730. The van der Waals surface area contributed by atoms with Crippen molar-refractivity contribution in [1.82, 2.24) is 15.1 Å². The maximum absolute atomic E-state index is 12.1. The van der Waals surface area contributed by atoms with Crippen LogP contribution in [0.3, 0.4) is 0 Å². The van der Waals surface area contributed by atoms with Gasteiger partial charge >= 0.3 is 12.0 Å². The van der Waals surface area contributed by atoms with Gasteiger partial charge in [0.1, 0.15) is 6.04 Å². The fraction of sp³-hybridized carbons (Fsp3) is 0.857. The van der Waals surface area contributed by atoms with E-state index in [9.17, 15) is 9.59 Å². The van der Waals surface area contributed by atoms with Crippen molar-refractivity contribution < 1.29 is 14.7 Å². The quantitative estimate of drug-likeness (QED) is 0.796. The summed E-state index contributed by atoms with van der Waals surface area (Å²) in [6.07, 6.45) is 2.32. The third-order valence-corrected chi connectivity index (χ3v) is 3.78. The molecule has 1 aliphatic heterocycles. The molecule has 1 rings (SSSR count). The van der Waals surface area contributed by atoms with Gasteiger partial charge in [-0.2, -0.15) is 0 Å². The summed E-state index contributed by atoms with van der Waals surface area (Å²) in [6, 6.07) is -0.547. The van der Waals surface area contributed by atoms with E-state index < -0.39 is 12.0 Å². The fourth-order valence-electron chi connectivity index (χ4n) is 2.52. The van der Waals surface area contributed by atoms with Crippen molar-refractivity contribution in [3.05, 3.63) is 0 Å². The molecule has 20 heavy (non-hydrogen) atoms. The average Bonchev–Trinajstić information content (AvgIpc) is 2.37. The van der Waals surface area contributed by atoms with Crippen LogP contribution in [-0.4, -0.2) is 66.2 Å². The molecule has 1 heterocycles. The van der Waals surface area contributed by atoms with Crippen LogP contribution in [0.4, 0.5) is 4.79 Å². The number of aliphatic carboxylic acids is 1. The third kappa shape index (κ3) is 5.00. The maximum atomic E-state index is 12.1. The van der Waals surface area contributed by atoms with Gasteiger partial charge in [0.2, 0.25) is 0 Å². The van der Waals surface area contributed by atoms with Crippen LogP contribution in [0.25, 0.3) is 0 Å². The van der Waals surface area contributed by atoms with E-state index in [0.717, 1.165) is 12.8 Å². The van der Waals surface area contributed by atoms with Gasteiger partial charge in [0.15, 0.2) is 0 Å². The van der Waals surface area contributed by atoms with E-state index in [1.54, 1.807) is 4.90 Å². The largest absolute Gasteiger partial charge is 0.480 e. The first-order valence-corrected chi connectivity index (χ1v) is 7.26. The van der Waals surface area contributed by atoms with E-state index in [4.69, 9.17) is 5.11 Å². The zero-order chi connectivity index (χ0) is 15.3. The maximum Gasteiger partial charge on any atom is 0.326 e. The number of carbonyl (C=O) groups is 2. The van der Waals surface area contributed by atoms with E-state index in [-0.39, 0.29) is 11.9 Å². The van der Waals surface area contributed by atoms with Gasteiger partial charge in [0.25, 0.3) is 0 Å². The van der Waals surface area contributed by atoms with E-state index >= 15 is 0 Å². The molecule has 0 bridgehead atoms. The number of carbonyl (C=O) groups excluding carboxylic acids is 1. The number of hydrogen-bond donors (Lipinski definition) is 2. The second kappa shape index (κ2) is 7.47. The molecule has 0 aliphatic carbocycles. The molecule has 0 radical (unpaired) electrons. The number of carboxylic acid groups (broad SMARTS) is 1. The van der Waals surface area contributed by atoms with Gasteiger partial charge in [-0.1, -0.05) is 13.8 Å². The van der Waals surface area contributed by atoms with Gasteiger partial charge in [0, 0.05) is 19.1 Å². The van der Waals surface area contributed by atoms with Gasteiger partial charge in [-0.05, 0) is 39.3 Å². The predicted molar refractivity (Wildman–Crippen MR) is 77.7 cm³/mol. The molecular formula is C14H27N3O3. The number of nitrogens with zero attached hydrogens (tertiary/aromatic N) is 2. The number of hydrogen-bond acceptors (Lipinski definition) is 3. The Morgan fingerprint density at radius 2 is 1.85 bits per heavy atom. The van der Waals surface area contributed by atoms with Crippen molar-refractivity contribution in [3.8, 4) is 0 Å². The molecule has 6 heteroatoms. The van der Waals surface area contributed by atoms with Gasteiger partial charge in [-0.15, -0.1) is 0 Å². The Morgan fingerprint density at radius 1 is 1.30 bits per heavy atom. The van der Waals surface area contributed by atoms with Crippen molar-refractivity contribution in [1.29, 1.82) is 0 Å². The SMILES string of the molecule is CC(C)C[C@H](NC(=O)N1CCC(N(C)C)CC1)C(=O)O. The van der Waals surface area contributed by atoms with Crippen molar-refractivity contribution in [2.24, 2.45) is 5.92 Å².